The summed E-state index contributed by atoms with van der Waals surface area (Å²) in [5, 5.41) is 16.0. The number of anilines is 1. The number of hydrogen-bond donors (Lipinski definition) is 2. The van der Waals surface area contributed by atoms with Crippen LogP contribution in [0, 0.1) is 10.1 Å². The zero-order valence-corrected chi connectivity index (χ0v) is 19.4. The first-order chi connectivity index (χ1) is 16.4. The summed E-state index contributed by atoms with van der Waals surface area (Å²) in [6, 6.07) is 13.7. The van der Waals surface area contributed by atoms with Crippen LogP contribution in [0.2, 0.25) is 5.02 Å². The molecule has 10 heteroatoms. The quantitative estimate of drug-likeness (QED) is 0.217. The molecule has 0 saturated heterocycles. The summed E-state index contributed by atoms with van der Waals surface area (Å²) in [6.07, 6.45) is 1.61. The number of thioether (sulfide) groups is 1. The maximum absolute atomic E-state index is 13.3. The number of rotatable bonds is 5. The molecule has 0 saturated carbocycles. The molecule has 1 atom stereocenters. The molecule has 0 bridgehead atoms. The highest BCUT2D eigenvalue weighted by Gasteiger charge is 2.40. The lowest BCUT2D eigenvalue weighted by Gasteiger charge is -2.32. The number of halogens is 1. The highest BCUT2D eigenvalue weighted by Crippen LogP contribution is 2.45. The van der Waals surface area contributed by atoms with E-state index in [0.717, 1.165) is 5.56 Å². The predicted molar refractivity (Wildman–Crippen MR) is 130 cm³/mol. The number of nitrogens with one attached hydrogen (secondary N) is 2. The van der Waals surface area contributed by atoms with Gasteiger partial charge in [0.15, 0.2) is 10.9 Å². The number of aromatic amines is 1. The number of allylic oxidation sites excluding steroid dienone is 2. The summed E-state index contributed by atoms with van der Waals surface area (Å²) in [5.74, 6) is -0.151. The van der Waals surface area contributed by atoms with E-state index in [0.29, 0.717) is 57.8 Å². The second-order valence-corrected chi connectivity index (χ2v) is 9.43. The number of fused-ring (bicyclic) bond motifs is 1. The topological polar surface area (TPSA) is 118 Å². The highest BCUT2D eigenvalue weighted by molar-refractivity contribution is 7.98. The van der Waals surface area contributed by atoms with E-state index in [1.807, 2.05) is 18.2 Å². The number of nitrogens with zero attached hydrogens (tertiary/aromatic N) is 2. The van der Waals surface area contributed by atoms with Gasteiger partial charge in [-0.1, -0.05) is 59.8 Å². The Balaban J connectivity index is 1.61. The van der Waals surface area contributed by atoms with Gasteiger partial charge < -0.3 is 10.3 Å². The minimum absolute atomic E-state index is 0.112. The van der Waals surface area contributed by atoms with Crippen LogP contribution >= 0.6 is 23.4 Å². The first-order valence-electron chi connectivity index (χ1n) is 10.7. The van der Waals surface area contributed by atoms with E-state index in [2.05, 4.69) is 15.3 Å². The van der Waals surface area contributed by atoms with Gasteiger partial charge in [0.2, 0.25) is 0 Å². The molecule has 0 fully saturated rings. The average Bonchev–Trinajstić information content (AvgIpc) is 2.82. The molecule has 1 aliphatic heterocycles. The minimum atomic E-state index is -0.862. The van der Waals surface area contributed by atoms with Crippen LogP contribution in [0.1, 0.15) is 41.9 Å². The van der Waals surface area contributed by atoms with Crippen molar-refractivity contribution in [2.45, 2.75) is 36.1 Å². The van der Waals surface area contributed by atoms with E-state index in [1.54, 1.807) is 24.3 Å². The van der Waals surface area contributed by atoms with E-state index < -0.39 is 16.4 Å². The number of Topliss-reactive ketones (excluding diaryl/α,β-unsaturated/α-hetero) is 1. The fourth-order valence-corrected chi connectivity index (χ4v) is 5.63. The second kappa shape index (κ2) is 9.08. The van der Waals surface area contributed by atoms with E-state index >= 15 is 0 Å². The Morgan fingerprint density at radius 3 is 2.68 bits per heavy atom. The van der Waals surface area contributed by atoms with Gasteiger partial charge in [-0.3, -0.25) is 19.7 Å². The number of ketones is 1. The van der Waals surface area contributed by atoms with Gasteiger partial charge in [0, 0.05) is 40.1 Å². The summed E-state index contributed by atoms with van der Waals surface area (Å²) < 4.78 is 0. The summed E-state index contributed by atoms with van der Waals surface area (Å²) in [7, 11) is 0. The molecule has 5 rings (SSSR count). The lowest BCUT2D eigenvalue weighted by Crippen LogP contribution is -2.33. The van der Waals surface area contributed by atoms with Gasteiger partial charge in [0.1, 0.15) is 5.82 Å². The first-order valence-corrected chi connectivity index (χ1v) is 12.1. The third-order valence-electron chi connectivity index (χ3n) is 6.00. The number of aromatic nitrogens is 2. The van der Waals surface area contributed by atoms with Crippen LogP contribution in [0.25, 0.3) is 0 Å². The maximum Gasteiger partial charge on any atom is 0.273 e. The fraction of sp³-hybridized carbons (Fsp3) is 0.208. The molecule has 2 aliphatic rings. The molecule has 1 unspecified atom stereocenters. The highest BCUT2D eigenvalue weighted by atomic mass is 35.5. The van der Waals surface area contributed by atoms with Crippen LogP contribution in [0.4, 0.5) is 11.5 Å². The standard InChI is InChI=1S/C24H19ClN4O4S/c25-15-8-3-1-6-13(15)12-34-24-27-22-21(23(31)28-24)19(14-7-2-4-10-17(14)29(32)33)20-16(26-22)9-5-11-18(20)30/h1-4,6-8,10,19H,5,9,11-12H2,(H2,26,27,28,31). The van der Waals surface area contributed by atoms with Gasteiger partial charge in [0.05, 0.1) is 16.4 Å². The molecular weight excluding hydrogens is 476 g/mol. The van der Waals surface area contributed by atoms with Crippen LogP contribution in [0.3, 0.4) is 0 Å². The van der Waals surface area contributed by atoms with Crippen molar-refractivity contribution in [3.63, 3.8) is 0 Å². The van der Waals surface area contributed by atoms with Crippen molar-refractivity contribution in [2.75, 3.05) is 5.32 Å². The third-order valence-corrected chi connectivity index (χ3v) is 7.29. The summed E-state index contributed by atoms with van der Waals surface area (Å²) in [6.45, 7) is 0. The van der Waals surface area contributed by atoms with Crippen molar-refractivity contribution in [1.29, 1.82) is 0 Å². The van der Waals surface area contributed by atoms with Crippen molar-refractivity contribution in [3.05, 3.63) is 102 Å². The molecule has 0 amide bonds. The zero-order valence-electron chi connectivity index (χ0n) is 17.8. The van der Waals surface area contributed by atoms with Gasteiger partial charge in [0.25, 0.3) is 11.2 Å². The van der Waals surface area contributed by atoms with E-state index in [4.69, 9.17) is 11.6 Å². The summed E-state index contributed by atoms with van der Waals surface area (Å²) >= 11 is 7.57. The molecule has 2 aromatic carbocycles. The summed E-state index contributed by atoms with van der Waals surface area (Å²) in [4.78, 5) is 45.0. The molecule has 1 aromatic heterocycles. The molecule has 3 aromatic rings. The van der Waals surface area contributed by atoms with Crippen LogP contribution < -0.4 is 10.9 Å². The first kappa shape index (κ1) is 22.4. The van der Waals surface area contributed by atoms with Crippen LogP contribution in [-0.2, 0) is 10.5 Å². The van der Waals surface area contributed by atoms with Crippen molar-refractivity contribution < 1.29 is 9.72 Å². The number of benzene rings is 2. The Bertz CT molecular complexity index is 1420. The van der Waals surface area contributed by atoms with Crippen molar-refractivity contribution in [3.8, 4) is 0 Å². The molecule has 0 radical (unpaired) electrons. The van der Waals surface area contributed by atoms with E-state index in [1.165, 1.54) is 17.8 Å². The number of para-hydroxylation sites is 1. The molecule has 172 valence electrons. The van der Waals surface area contributed by atoms with Crippen molar-refractivity contribution in [2.24, 2.45) is 0 Å². The molecule has 34 heavy (non-hydrogen) atoms. The minimum Gasteiger partial charge on any atom is -0.343 e. The Labute approximate surface area is 203 Å². The lowest BCUT2D eigenvalue weighted by molar-refractivity contribution is -0.385. The Morgan fingerprint density at radius 2 is 1.88 bits per heavy atom. The predicted octanol–water partition coefficient (Wildman–Crippen LogP) is 5.19. The Morgan fingerprint density at radius 1 is 1.12 bits per heavy atom. The number of nitro groups is 1. The van der Waals surface area contributed by atoms with Crippen LogP contribution in [0.15, 0.2) is 69.8 Å². The average molecular weight is 495 g/mol. The van der Waals surface area contributed by atoms with Gasteiger partial charge >= 0.3 is 0 Å². The maximum atomic E-state index is 13.3. The molecular formula is C24H19ClN4O4S. The monoisotopic (exact) mass is 494 g/mol. The number of carbonyl (C=O) groups excluding carboxylic acids is 1. The van der Waals surface area contributed by atoms with Crippen LogP contribution in [-0.4, -0.2) is 20.7 Å². The lowest BCUT2D eigenvalue weighted by atomic mass is 9.76. The second-order valence-electron chi connectivity index (χ2n) is 8.06. The Kier molecular flexibility index (Phi) is 5.97. The third kappa shape index (κ3) is 4.01. The smallest absolute Gasteiger partial charge is 0.273 e. The molecule has 0 spiro atoms. The largest absolute Gasteiger partial charge is 0.343 e. The SMILES string of the molecule is O=C1CCCC2=C1C(c1ccccc1[N+](=O)[O-])c1c(nc(SCc3ccccc3Cl)[nH]c1=O)N2. The molecule has 1 aliphatic carbocycles. The number of carbonyl (C=O) groups is 1. The molecule has 2 N–H and O–H groups in total. The van der Waals surface area contributed by atoms with E-state index in [9.17, 15) is 19.7 Å². The Hall–Kier alpha value is -3.43. The van der Waals surface area contributed by atoms with E-state index in [-0.39, 0.29) is 17.0 Å². The van der Waals surface area contributed by atoms with Crippen molar-refractivity contribution in [1.82, 2.24) is 9.97 Å². The summed E-state index contributed by atoms with van der Waals surface area (Å²) in [5.41, 5.74) is 1.94. The number of H-pyrrole nitrogens is 1. The van der Waals surface area contributed by atoms with Crippen LogP contribution in [0.5, 0.6) is 0 Å². The van der Waals surface area contributed by atoms with Gasteiger partial charge in [-0.2, -0.15) is 0 Å². The normalized spacial score (nSPS) is 17.1. The fourth-order valence-electron chi connectivity index (χ4n) is 4.48. The number of nitro benzene ring substituents is 1. The van der Waals surface area contributed by atoms with Gasteiger partial charge in [-0.25, -0.2) is 4.98 Å². The number of hydrogen-bond acceptors (Lipinski definition) is 7. The molecule has 8 nitrogen and oxygen atoms in total. The van der Waals surface area contributed by atoms with Gasteiger partial charge in [-0.05, 0) is 24.5 Å². The molecule has 2 heterocycles. The zero-order chi connectivity index (χ0) is 23.8. The van der Waals surface area contributed by atoms with Crippen molar-refractivity contribution >= 4 is 40.7 Å². The van der Waals surface area contributed by atoms with Gasteiger partial charge in [-0.15, -0.1) is 0 Å².